The Morgan fingerprint density at radius 2 is 1.78 bits per heavy atom. The van der Waals surface area contributed by atoms with Crippen LogP contribution in [0.25, 0.3) is 0 Å². The van der Waals surface area contributed by atoms with Crippen LogP contribution in [-0.2, 0) is 19.6 Å². The van der Waals surface area contributed by atoms with Crippen molar-refractivity contribution in [2.45, 2.75) is 39.2 Å². The Morgan fingerprint density at radius 3 is 2.26 bits per heavy atom. The van der Waals surface area contributed by atoms with E-state index in [4.69, 9.17) is 9.84 Å². The van der Waals surface area contributed by atoms with Crippen LogP contribution in [0.1, 0.15) is 33.6 Å². The molecule has 0 saturated carbocycles. The maximum Gasteiger partial charge on any atom is 0.410 e. The van der Waals surface area contributed by atoms with Crippen molar-refractivity contribution in [1.29, 1.82) is 0 Å². The molecular weight excluding hydrogens is 324 g/mol. The van der Waals surface area contributed by atoms with Crippen molar-refractivity contribution < 1.29 is 27.9 Å². The Bertz CT molecular complexity index is 587. The summed E-state index contributed by atoms with van der Waals surface area (Å²) in [7, 11) is -3.54. The average molecular weight is 348 g/mol. The normalized spacial score (nSPS) is 23.9. The van der Waals surface area contributed by atoms with Gasteiger partial charge in [0.15, 0.2) is 0 Å². The molecule has 0 aromatic carbocycles. The number of piperidine rings is 1. The summed E-state index contributed by atoms with van der Waals surface area (Å²) in [5.41, 5.74) is -1.03. The second-order valence-electron chi connectivity index (χ2n) is 7.39. The van der Waals surface area contributed by atoms with Crippen LogP contribution >= 0.6 is 0 Å². The molecule has 2 aliphatic rings. The van der Waals surface area contributed by atoms with Gasteiger partial charge in [-0.25, -0.2) is 13.2 Å². The molecule has 2 saturated heterocycles. The number of nitrogens with zero attached hydrogens (tertiary/aromatic N) is 2. The van der Waals surface area contributed by atoms with Crippen molar-refractivity contribution in [1.82, 2.24) is 9.21 Å². The van der Waals surface area contributed by atoms with Crippen LogP contribution in [0.2, 0.25) is 0 Å². The maximum absolute atomic E-state index is 12.1. The molecule has 0 atom stereocenters. The van der Waals surface area contributed by atoms with Crippen LogP contribution in [0.15, 0.2) is 0 Å². The van der Waals surface area contributed by atoms with E-state index in [2.05, 4.69) is 0 Å². The van der Waals surface area contributed by atoms with Crippen LogP contribution in [0.4, 0.5) is 4.79 Å². The molecule has 0 radical (unpaired) electrons. The quantitative estimate of drug-likeness (QED) is 0.789. The Hall–Kier alpha value is -1.35. The molecule has 23 heavy (non-hydrogen) atoms. The van der Waals surface area contributed by atoms with Crippen molar-refractivity contribution >= 4 is 22.1 Å². The third-order valence-electron chi connectivity index (χ3n) is 4.18. The number of likely N-dealkylation sites (tertiary alicyclic amines) is 1. The Labute approximate surface area is 136 Å². The van der Waals surface area contributed by atoms with Crippen molar-refractivity contribution in [3.8, 4) is 0 Å². The number of carbonyl (C=O) groups is 2. The number of carboxylic acid groups (broad SMARTS) is 1. The lowest BCUT2D eigenvalue weighted by molar-refractivity contribution is -0.137. The van der Waals surface area contributed by atoms with E-state index in [1.54, 1.807) is 25.7 Å². The molecule has 1 amide bonds. The fraction of sp³-hybridized carbons (Fsp3) is 0.857. The molecule has 8 nitrogen and oxygen atoms in total. The number of amides is 1. The van der Waals surface area contributed by atoms with Gasteiger partial charge in [-0.05, 0) is 33.6 Å². The van der Waals surface area contributed by atoms with Crippen molar-refractivity contribution in [2.75, 3.05) is 31.9 Å². The van der Waals surface area contributed by atoms with Gasteiger partial charge in [0.1, 0.15) is 12.1 Å². The fourth-order valence-electron chi connectivity index (χ4n) is 3.09. The zero-order valence-electron chi connectivity index (χ0n) is 13.7. The molecule has 0 aliphatic carbocycles. The molecule has 132 valence electrons. The van der Waals surface area contributed by atoms with E-state index in [-0.39, 0.29) is 12.3 Å². The number of hydrogen-bond donors (Lipinski definition) is 1. The number of rotatable bonds is 2. The largest absolute Gasteiger partial charge is 0.480 e. The van der Waals surface area contributed by atoms with Crippen LogP contribution in [-0.4, -0.2) is 72.3 Å². The van der Waals surface area contributed by atoms with E-state index in [0.29, 0.717) is 25.9 Å². The standard InChI is InChI=1S/C14H24N2O6S/c1-13(2,3)22-12(19)15-6-4-14(5-7-15)9-16(8-11(17)18)23(20,21)10-14/h4-10H2,1-3H3,(H,17,18). The summed E-state index contributed by atoms with van der Waals surface area (Å²) in [5.74, 6) is -1.20. The third-order valence-corrected chi connectivity index (χ3v) is 6.20. The van der Waals surface area contributed by atoms with Crippen molar-refractivity contribution in [3.63, 3.8) is 0 Å². The molecule has 0 bridgehead atoms. The second kappa shape index (κ2) is 5.94. The smallest absolute Gasteiger partial charge is 0.410 e. The van der Waals surface area contributed by atoms with E-state index >= 15 is 0 Å². The van der Waals surface area contributed by atoms with Gasteiger partial charge < -0.3 is 14.7 Å². The highest BCUT2D eigenvalue weighted by Crippen LogP contribution is 2.40. The lowest BCUT2D eigenvalue weighted by atomic mass is 9.80. The second-order valence-corrected chi connectivity index (χ2v) is 9.35. The molecule has 1 N–H and O–H groups in total. The Balaban J connectivity index is 1.99. The summed E-state index contributed by atoms with van der Waals surface area (Å²) in [4.78, 5) is 24.5. The van der Waals surface area contributed by atoms with E-state index in [1.165, 1.54) is 0 Å². The Morgan fingerprint density at radius 1 is 1.22 bits per heavy atom. The fourth-order valence-corrected chi connectivity index (χ4v) is 5.21. The predicted octanol–water partition coefficient (Wildman–Crippen LogP) is 0.734. The van der Waals surface area contributed by atoms with Gasteiger partial charge in [0.2, 0.25) is 10.0 Å². The first-order chi connectivity index (χ1) is 10.4. The van der Waals surface area contributed by atoms with Gasteiger partial charge in [-0.1, -0.05) is 0 Å². The van der Waals surface area contributed by atoms with Crippen LogP contribution in [0.5, 0.6) is 0 Å². The number of ether oxygens (including phenoxy) is 1. The molecule has 9 heteroatoms. The highest BCUT2D eigenvalue weighted by Gasteiger charge is 2.49. The molecule has 0 aromatic heterocycles. The summed E-state index contributed by atoms with van der Waals surface area (Å²) < 4.78 is 30.6. The monoisotopic (exact) mass is 348 g/mol. The minimum atomic E-state index is -3.54. The summed E-state index contributed by atoms with van der Waals surface area (Å²) >= 11 is 0. The highest BCUT2D eigenvalue weighted by molar-refractivity contribution is 7.89. The summed E-state index contributed by atoms with van der Waals surface area (Å²) in [5, 5.41) is 8.84. The molecule has 0 aromatic rings. The number of sulfonamides is 1. The number of carbonyl (C=O) groups excluding carboxylic acids is 1. The van der Waals surface area contributed by atoms with Gasteiger partial charge in [0, 0.05) is 25.0 Å². The minimum absolute atomic E-state index is 0.0462. The molecule has 2 heterocycles. The topological polar surface area (TPSA) is 104 Å². The van der Waals surface area contributed by atoms with E-state index in [0.717, 1.165) is 4.31 Å². The van der Waals surface area contributed by atoms with Gasteiger partial charge in [-0.15, -0.1) is 0 Å². The highest BCUT2D eigenvalue weighted by atomic mass is 32.2. The van der Waals surface area contributed by atoms with Gasteiger partial charge in [-0.3, -0.25) is 4.79 Å². The number of carboxylic acids is 1. The van der Waals surface area contributed by atoms with Crippen molar-refractivity contribution in [3.05, 3.63) is 0 Å². The summed E-state index contributed by atoms with van der Waals surface area (Å²) in [6.07, 6.45) is 0.666. The molecule has 2 aliphatic heterocycles. The lowest BCUT2D eigenvalue weighted by Gasteiger charge is -2.38. The van der Waals surface area contributed by atoms with Gasteiger partial charge in [-0.2, -0.15) is 4.31 Å². The lowest BCUT2D eigenvalue weighted by Crippen LogP contribution is -2.47. The van der Waals surface area contributed by atoms with Gasteiger partial charge in [0.05, 0.1) is 5.75 Å². The molecular formula is C14H24N2O6S. The van der Waals surface area contributed by atoms with Gasteiger partial charge >= 0.3 is 12.1 Å². The maximum atomic E-state index is 12.1. The molecule has 1 spiro atoms. The predicted molar refractivity (Wildman–Crippen MR) is 82.5 cm³/mol. The molecule has 2 fully saturated rings. The first kappa shape index (κ1) is 18.0. The average Bonchev–Trinajstić information content (AvgIpc) is 2.58. The van der Waals surface area contributed by atoms with Crippen LogP contribution in [0.3, 0.4) is 0 Å². The summed E-state index contributed by atoms with van der Waals surface area (Å²) in [6.45, 7) is 5.94. The zero-order valence-corrected chi connectivity index (χ0v) is 14.6. The number of hydrogen-bond acceptors (Lipinski definition) is 5. The van der Waals surface area contributed by atoms with E-state index in [9.17, 15) is 18.0 Å². The minimum Gasteiger partial charge on any atom is -0.480 e. The molecule has 0 unspecified atom stereocenters. The third kappa shape index (κ3) is 4.35. The summed E-state index contributed by atoms with van der Waals surface area (Å²) in [6, 6.07) is 0. The van der Waals surface area contributed by atoms with Crippen LogP contribution < -0.4 is 0 Å². The first-order valence-electron chi connectivity index (χ1n) is 7.60. The SMILES string of the molecule is CC(C)(C)OC(=O)N1CCC2(CC1)CN(CC(=O)O)S(=O)(=O)C2. The number of aliphatic carboxylic acids is 1. The molecule has 2 rings (SSSR count). The van der Waals surface area contributed by atoms with Crippen molar-refractivity contribution in [2.24, 2.45) is 5.41 Å². The zero-order chi connectivity index (χ0) is 17.5. The van der Waals surface area contributed by atoms with E-state index < -0.39 is 39.6 Å². The Kier molecular flexibility index (Phi) is 4.64. The van der Waals surface area contributed by atoms with Crippen LogP contribution in [0, 0.1) is 5.41 Å². The first-order valence-corrected chi connectivity index (χ1v) is 9.21. The van der Waals surface area contributed by atoms with Gasteiger partial charge in [0.25, 0.3) is 0 Å². The van der Waals surface area contributed by atoms with E-state index in [1.807, 2.05) is 0 Å².